The molecule has 2 aromatic carbocycles. The highest BCUT2D eigenvalue weighted by molar-refractivity contribution is 6.17. The van der Waals surface area contributed by atoms with Crippen molar-refractivity contribution in [2.24, 2.45) is 0 Å². The van der Waals surface area contributed by atoms with Crippen molar-refractivity contribution in [1.82, 2.24) is 0 Å². The minimum Gasteiger partial charge on any atom is -0.483 e. The summed E-state index contributed by atoms with van der Waals surface area (Å²) in [6.45, 7) is -0.358. The molecule has 0 unspecified atom stereocenters. The average molecular weight is 305 g/mol. The van der Waals surface area contributed by atoms with Crippen LogP contribution in [0.25, 0.3) is 0 Å². The largest absolute Gasteiger partial charge is 0.483 e. The third-order valence-corrected chi connectivity index (χ3v) is 2.83. The molecular weight excluding hydrogens is 296 g/mol. The quantitative estimate of drug-likeness (QED) is 0.594. The molecule has 0 amide bonds. The lowest BCUT2D eigenvalue weighted by Crippen LogP contribution is -2.02. The van der Waals surface area contributed by atoms with Crippen LogP contribution in [0.5, 0.6) is 5.75 Å². The fourth-order valence-corrected chi connectivity index (χ4v) is 1.83. The minimum atomic E-state index is -0.919. The van der Waals surface area contributed by atoms with Gasteiger partial charge in [0, 0.05) is 11.9 Å². The van der Waals surface area contributed by atoms with Gasteiger partial charge in [0.2, 0.25) is 0 Å². The van der Waals surface area contributed by atoms with Crippen LogP contribution in [-0.2, 0) is 12.5 Å². The van der Waals surface area contributed by atoms with Gasteiger partial charge in [0.05, 0.1) is 0 Å². The maximum Gasteiger partial charge on any atom is 0.191 e. The summed E-state index contributed by atoms with van der Waals surface area (Å²) < 4.78 is 58.0. The zero-order valence-corrected chi connectivity index (χ0v) is 10.9. The summed E-state index contributed by atoms with van der Waals surface area (Å²) in [5, 5.41) is 0. The van der Waals surface area contributed by atoms with E-state index in [2.05, 4.69) is 0 Å². The molecule has 0 aromatic heterocycles. The molecule has 0 fully saturated rings. The Morgan fingerprint density at radius 2 is 1.35 bits per heavy atom. The predicted octanol–water partition coefficient (Wildman–Crippen LogP) is 4.56. The molecule has 0 heterocycles. The molecule has 0 saturated carbocycles. The van der Waals surface area contributed by atoms with Crippen molar-refractivity contribution in [3.8, 4) is 5.75 Å². The van der Waals surface area contributed by atoms with Crippen molar-refractivity contribution in [1.29, 1.82) is 0 Å². The zero-order valence-electron chi connectivity index (χ0n) is 10.1. The van der Waals surface area contributed by atoms with Gasteiger partial charge in [-0.1, -0.05) is 0 Å². The maximum atomic E-state index is 13.6. The molecule has 106 valence electrons. The Morgan fingerprint density at radius 3 is 1.85 bits per heavy atom. The highest BCUT2D eigenvalue weighted by Gasteiger charge is 2.13. The summed E-state index contributed by atoms with van der Waals surface area (Å²) in [5.41, 5.74) is 0.397. The maximum absolute atomic E-state index is 13.6. The van der Waals surface area contributed by atoms with Crippen LogP contribution in [-0.4, -0.2) is 0 Å². The summed E-state index contributed by atoms with van der Waals surface area (Å²) in [5.74, 6) is -4.06. The second kappa shape index (κ2) is 6.13. The Hall–Kier alpha value is -1.75. The summed E-state index contributed by atoms with van der Waals surface area (Å²) in [6, 6.07) is 4.81. The van der Waals surface area contributed by atoms with Gasteiger partial charge in [-0.05, 0) is 35.4 Å². The van der Waals surface area contributed by atoms with E-state index < -0.39 is 29.0 Å². The molecule has 2 aromatic rings. The second-order valence-electron chi connectivity index (χ2n) is 4.09. The number of halogens is 5. The molecule has 0 radical (unpaired) electrons. The van der Waals surface area contributed by atoms with E-state index in [-0.39, 0.29) is 23.6 Å². The van der Waals surface area contributed by atoms with E-state index in [0.717, 1.165) is 24.3 Å². The SMILES string of the molecule is Fc1cc(F)cc(COc2c(F)cc(CCl)cc2F)c1. The summed E-state index contributed by atoms with van der Waals surface area (Å²) in [4.78, 5) is 0. The topological polar surface area (TPSA) is 9.23 Å². The highest BCUT2D eigenvalue weighted by atomic mass is 35.5. The summed E-state index contributed by atoms with van der Waals surface area (Å²) >= 11 is 5.47. The molecule has 0 saturated heterocycles. The van der Waals surface area contributed by atoms with Gasteiger partial charge < -0.3 is 4.74 Å². The number of rotatable bonds is 4. The molecule has 20 heavy (non-hydrogen) atoms. The van der Waals surface area contributed by atoms with E-state index in [1.165, 1.54) is 0 Å². The number of benzene rings is 2. The van der Waals surface area contributed by atoms with E-state index in [0.29, 0.717) is 6.07 Å². The number of alkyl halides is 1. The van der Waals surface area contributed by atoms with Gasteiger partial charge in [-0.15, -0.1) is 11.6 Å². The van der Waals surface area contributed by atoms with Gasteiger partial charge in [0.1, 0.15) is 18.2 Å². The monoisotopic (exact) mass is 304 g/mol. The number of ether oxygens (including phenoxy) is 1. The Balaban J connectivity index is 2.18. The van der Waals surface area contributed by atoms with E-state index in [1.807, 2.05) is 0 Å². The Kier molecular flexibility index (Phi) is 4.49. The van der Waals surface area contributed by atoms with Crippen molar-refractivity contribution in [2.75, 3.05) is 0 Å². The molecule has 0 spiro atoms. The lowest BCUT2D eigenvalue weighted by molar-refractivity contribution is 0.273. The van der Waals surface area contributed by atoms with Crippen LogP contribution < -0.4 is 4.74 Å². The molecular formula is C14H9ClF4O. The van der Waals surface area contributed by atoms with Gasteiger partial charge in [-0.25, -0.2) is 17.6 Å². The summed E-state index contributed by atoms with van der Waals surface area (Å²) in [6.07, 6.45) is 0. The normalized spacial score (nSPS) is 10.7. The first-order chi connectivity index (χ1) is 9.49. The number of hydrogen-bond donors (Lipinski definition) is 0. The lowest BCUT2D eigenvalue weighted by Gasteiger charge is -2.10. The second-order valence-corrected chi connectivity index (χ2v) is 4.36. The molecule has 0 atom stereocenters. The number of hydrogen-bond acceptors (Lipinski definition) is 1. The molecule has 2 rings (SSSR count). The Labute approximate surface area is 117 Å². The van der Waals surface area contributed by atoms with E-state index in [1.54, 1.807) is 0 Å². The first kappa shape index (κ1) is 14.7. The lowest BCUT2D eigenvalue weighted by atomic mass is 10.2. The van der Waals surface area contributed by atoms with Gasteiger partial charge in [0.15, 0.2) is 17.4 Å². The summed E-state index contributed by atoms with van der Waals surface area (Å²) in [7, 11) is 0. The fourth-order valence-electron chi connectivity index (χ4n) is 1.68. The standard InChI is InChI=1S/C14H9ClF4O/c15-6-8-3-12(18)14(13(19)4-8)20-7-9-1-10(16)5-11(17)2-9/h1-5H,6-7H2. The first-order valence-corrected chi connectivity index (χ1v) is 6.14. The third kappa shape index (κ3) is 3.42. The van der Waals surface area contributed by atoms with Crippen LogP contribution in [0.15, 0.2) is 30.3 Å². The molecule has 0 aliphatic rings. The van der Waals surface area contributed by atoms with Crippen molar-refractivity contribution in [3.63, 3.8) is 0 Å². The van der Waals surface area contributed by atoms with Crippen molar-refractivity contribution in [3.05, 3.63) is 64.7 Å². The minimum absolute atomic E-state index is 0.0385. The van der Waals surface area contributed by atoms with Crippen molar-refractivity contribution in [2.45, 2.75) is 12.5 Å². The van der Waals surface area contributed by atoms with E-state index >= 15 is 0 Å². The molecule has 0 bridgehead atoms. The average Bonchev–Trinajstić information content (AvgIpc) is 2.36. The predicted molar refractivity (Wildman–Crippen MR) is 66.6 cm³/mol. The van der Waals surface area contributed by atoms with E-state index in [9.17, 15) is 17.6 Å². The smallest absolute Gasteiger partial charge is 0.191 e. The van der Waals surface area contributed by atoms with Crippen LogP contribution in [0.1, 0.15) is 11.1 Å². The van der Waals surface area contributed by atoms with Crippen molar-refractivity contribution < 1.29 is 22.3 Å². The van der Waals surface area contributed by atoms with Gasteiger partial charge in [-0.3, -0.25) is 0 Å². The van der Waals surface area contributed by atoms with Crippen LogP contribution in [0.3, 0.4) is 0 Å². The zero-order chi connectivity index (χ0) is 14.7. The molecule has 0 aliphatic carbocycles. The third-order valence-electron chi connectivity index (χ3n) is 2.52. The Morgan fingerprint density at radius 1 is 0.800 bits per heavy atom. The molecule has 0 aliphatic heterocycles. The molecule has 0 N–H and O–H groups in total. The van der Waals surface area contributed by atoms with Crippen LogP contribution in [0.2, 0.25) is 0 Å². The van der Waals surface area contributed by atoms with Gasteiger partial charge in [-0.2, -0.15) is 0 Å². The van der Waals surface area contributed by atoms with Crippen LogP contribution in [0.4, 0.5) is 17.6 Å². The van der Waals surface area contributed by atoms with Crippen molar-refractivity contribution >= 4 is 11.6 Å². The fraction of sp³-hybridized carbons (Fsp3) is 0.143. The molecule has 1 nitrogen and oxygen atoms in total. The highest BCUT2D eigenvalue weighted by Crippen LogP contribution is 2.25. The van der Waals surface area contributed by atoms with Gasteiger partial charge >= 0.3 is 0 Å². The van der Waals surface area contributed by atoms with Gasteiger partial charge in [0.25, 0.3) is 0 Å². The van der Waals surface area contributed by atoms with E-state index in [4.69, 9.17) is 16.3 Å². The first-order valence-electron chi connectivity index (χ1n) is 5.61. The Bertz CT molecular complexity index is 587. The van der Waals surface area contributed by atoms with Crippen LogP contribution in [0, 0.1) is 23.3 Å². The van der Waals surface area contributed by atoms with Crippen LogP contribution >= 0.6 is 11.6 Å². The molecule has 6 heteroatoms.